The molecule has 9 heteroatoms. The Bertz CT molecular complexity index is 400. The number of aromatic amines is 1. The summed E-state index contributed by atoms with van der Waals surface area (Å²) >= 11 is 0. The summed E-state index contributed by atoms with van der Waals surface area (Å²) in [6.45, 7) is 0. The van der Waals surface area contributed by atoms with E-state index in [0.29, 0.717) is 5.78 Å². The smallest absolute Gasteiger partial charge is 0.401 e. The van der Waals surface area contributed by atoms with Gasteiger partial charge in [-0.15, -0.1) is 4.68 Å². The second-order valence-corrected chi connectivity index (χ2v) is 2.06. The molecular formula is C3H7ClN8. The first-order valence-corrected chi connectivity index (χ1v) is 2.85. The third-order valence-electron chi connectivity index (χ3n) is 1.37. The van der Waals surface area contributed by atoms with E-state index in [1.807, 2.05) is 0 Å². The Balaban J connectivity index is 0.000000720. The van der Waals surface area contributed by atoms with Crippen LogP contribution in [-0.2, 0) is 0 Å². The van der Waals surface area contributed by atoms with E-state index in [9.17, 15) is 0 Å². The lowest BCUT2D eigenvalue weighted by atomic mass is 11.0. The summed E-state index contributed by atoms with van der Waals surface area (Å²) < 4.78 is 2.54. The summed E-state index contributed by atoms with van der Waals surface area (Å²) in [5.74, 6) is 6.29. The van der Waals surface area contributed by atoms with Crippen LogP contribution in [0.25, 0.3) is 5.78 Å². The predicted octanol–water partition coefficient (Wildman–Crippen LogP) is -5.77. The Morgan fingerprint density at radius 3 is 2.58 bits per heavy atom. The molecule has 0 spiro atoms. The van der Waals surface area contributed by atoms with Gasteiger partial charge in [-0.1, -0.05) is 9.61 Å². The molecule has 0 bridgehead atoms. The highest BCUT2D eigenvalue weighted by Crippen LogP contribution is 1.98. The summed E-state index contributed by atoms with van der Waals surface area (Å²) in [6.07, 6.45) is 0. The molecule has 2 rings (SSSR count). The van der Waals surface area contributed by atoms with Gasteiger partial charge in [0.2, 0.25) is 0 Å². The lowest BCUT2D eigenvalue weighted by Gasteiger charge is -1.81. The summed E-state index contributed by atoms with van der Waals surface area (Å²) in [4.78, 5) is 0. The zero-order chi connectivity index (χ0) is 8.01. The molecule has 2 aromatic heterocycles. The Hall–Kier alpha value is -1.70. The number of hydrogen-bond donors (Lipinski definition) is 4. The van der Waals surface area contributed by atoms with E-state index in [1.54, 1.807) is 0 Å². The molecule has 66 valence electrons. The van der Waals surface area contributed by atoms with Crippen molar-refractivity contribution in [1.82, 2.24) is 19.8 Å². The minimum Gasteiger partial charge on any atom is -1.00 e. The molecular weight excluding hydrogens is 184 g/mol. The average Bonchev–Trinajstić information content (AvgIpc) is 2.43. The number of rotatable bonds is 0. The standard InChI is InChI=1S/C3H6N8.ClH/c4-1-7-8-3-10(6)2(5)9-11(1)3;/h6H2,(H4,4,5,7,9);1H. The largest absolute Gasteiger partial charge is 1.00 e. The van der Waals surface area contributed by atoms with Gasteiger partial charge in [-0.25, -0.2) is 0 Å². The summed E-state index contributed by atoms with van der Waals surface area (Å²) in [5, 5.41) is 9.87. The molecule has 0 saturated carbocycles. The number of nitrogen functional groups attached to an aromatic ring is 3. The van der Waals surface area contributed by atoms with E-state index < -0.39 is 0 Å². The highest BCUT2D eigenvalue weighted by Gasteiger charge is 2.16. The Kier molecular flexibility index (Phi) is 1.69. The van der Waals surface area contributed by atoms with Gasteiger partial charge in [0.05, 0.1) is 0 Å². The normalized spacial score (nSPS) is 10.0. The van der Waals surface area contributed by atoms with Crippen LogP contribution in [0.15, 0.2) is 0 Å². The number of aromatic nitrogens is 5. The lowest BCUT2D eigenvalue weighted by Crippen LogP contribution is -3.00. The minimum absolute atomic E-state index is 0. The zero-order valence-corrected chi connectivity index (χ0v) is 6.65. The first kappa shape index (κ1) is 8.40. The Morgan fingerprint density at radius 2 is 2.00 bits per heavy atom. The van der Waals surface area contributed by atoms with Crippen molar-refractivity contribution in [1.29, 1.82) is 0 Å². The number of nitrogens with two attached hydrogens (primary N) is 3. The van der Waals surface area contributed by atoms with Crippen LogP contribution in [0, 0.1) is 0 Å². The van der Waals surface area contributed by atoms with Crippen LogP contribution in [-0.4, -0.2) is 19.8 Å². The number of hydrogen-bond acceptors (Lipinski definition) is 5. The van der Waals surface area contributed by atoms with E-state index >= 15 is 0 Å². The molecule has 0 amide bonds. The highest BCUT2D eigenvalue weighted by molar-refractivity contribution is 5.31. The van der Waals surface area contributed by atoms with Gasteiger partial charge in [0.1, 0.15) is 0 Å². The van der Waals surface area contributed by atoms with E-state index in [2.05, 4.69) is 15.3 Å². The average molecular weight is 191 g/mol. The van der Waals surface area contributed by atoms with Crippen LogP contribution in [0.4, 0.5) is 11.9 Å². The number of H-pyrrole nitrogens is 1. The molecule has 0 aromatic carbocycles. The first-order valence-electron chi connectivity index (χ1n) is 2.85. The molecule has 0 saturated heterocycles. The van der Waals surface area contributed by atoms with Gasteiger partial charge >= 0.3 is 11.7 Å². The Labute approximate surface area is 72.7 Å². The fraction of sp³-hybridized carbons (Fsp3) is 0. The van der Waals surface area contributed by atoms with Crippen LogP contribution in [0.2, 0.25) is 0 Å². The number of nitrogens with zero attached hydrogens (tertiary/aromatic N) is 4. The molecule has 2 aromatic rings. The molecule has 0 aliphatic rings. The van der Waals surface area contributed by atoms with Crippen LogP contribution >= 0.6 is 0 Å². The molecule has 0 radical (unpaired) electrons. The number of fused-ring (bicyclic) bond motifs is 1. The first-order chi connectivity index (χ1) is 5.20. The Morgan fingerprint density at radius 1 is 1.33 bits per heavy atom. The van der Waals surface area contributed by atoms with Crippen LogP contribution < -0.4 is 34.4 Å². The maximum absolute atomic E-state index is 5.43. The summed E-state index contributed by atoms with van der Waals surface area (Å²) in [6, 6.07) is 0. The van der Waals surface area contributed by atoms with Crippen LogP contribution in [0.1, 0.15) is 0 Å². The maximum atomic E-state index is 5.43. The van der Waals surface area contributed by atoms with Gasteiger partial charge < -0.3 is 29.7 Å². The summed E-state index contributed by atoms with van der Waals surface area (Å²) in [5.41, 5.74) is 10.8. The predicted molar refractivity (Wildman–Crippen MR) is 36.5 cm³/mol. The van der Waals surface area contributed by atoms with E-state index in [1.165, 1.54) is 4.52 Å². The van der Waals surface area contributed by atoms with Crippen molar-refractivity contribution >= 4 is 17.7 Å². The molecule has 0 fully saturated rings. The molecule has 12 heavy (non-hydrogen) atoms. The van der Waals surface area contributed by atoms with E-state index in [4.69, 9.17) is 17.3 Å². The summed E-state index contributed by atoms with van der Waals surface area (Å²) in [7, 11) is 0. The van der Waals surface area contributed by atoms with Crippen LogP contribution in [0.5, 0.6) is 0 Å². The molecule has 0 aliphatic carbocycles. The fourth-order valence-corrected chi connectivity index (χ4v) is 0.827. The molecule has 0 aliphatic heterocycles. The lowest BCUT2D eigenvalue weighted by molar-refractivity contribution is -0.599. The zero-order valence-electron chi connectivity index (χ0n) is 5.90. The van der Waals surface area contributed by atoms with Crippen molar-refractivity contribution in [3.8, 4) is 0 Å². The second kappa shape index (κ2) is 2.41. The third-order valence-corrected chi connectivity index (χ3v) is 1.37. The SMILES string of the molecule is Nc1nnc2n1[nH]c(N)[n+]2N.[Cl-]. The van der Waals surface area contributed by atoms with Gasteiger partial charge in [-0.05, 0) is 5.10 Å². The van der Waals surface area contributed by atoms with E-state index in [-0.39, 0.29) is 24.3 Å². The number of halogens is 1. The second-order valence-electron chi connectivity index (χ2n) is 2.06. The van der Waals surface area contributed by atoms with Gasteiger partial charge in [0.25, 0.3) is 5.95 Å². The van der Waals surface area contributed by atoms with Crippen molar-refractivity contribution in [3.63, 3.8) is 0 Å². The van der Waals surface area contributed by atoms with Gasteiger partial charge in [-0.3, -0.25) is 0 Å². The number of nitrogens with one attached hydrogen (secondary N) is 1. The van der Waals surface area contributed by atoms with Crippen molar-refractivity contribution in [2.45, 2.75) is 0 Å². The highest BCUT2D eigenvalue weighted by atomic mass is 35.5. The van der Waals surface area contributed by atoms with Gasteiger partial charge in [0, 0.05) is 0 Å². The monoisotopic (exact) mass is 190 g/mol. The fourth-order valence-electron chi connectivity index (χ4n) is 0.827. The quantitative estimate of drug-likeness (QED) is 0.243. The molecule has 2 heterocycles. The maximum Gasteiger partial charge on any atom is 0.401 e. The van der Waals surface area contributed by atoms with Crippen molar-refractivity contribution in [3.05, 3.63) is 0 Å². The topological polar surface area (TPSA) is 128 Å². The third kappa shape index (κ3) is 0.815. The molecule has 0 atom stereocenters. The van der Waals surface area contributed by atoms with E-state index in [0.717, 1.165) is 4.68 Å². The molecule has 0 unspecified atom stereocenters. The van der Waals surface area contributed by atoms with Crippen molar-refractivity contribution < 1.29 is 17.1 Å². The van der Waals surface area contributed by atoms with Gasteiger partial charge in [0.15, 0.2) is 0 Å². The van der Waals surface area contributed by atoms with Gasteiger partial charge in [-0.2, -0.15) is 5.10 Å². The van der Waals surface area contributed by atoms with Crippen molar-refractivity contribution in [2.24, 2.45) is 0 Å². The van der Waals surface area contributed by atoms with Crippen molar-refractivity contribution in [2.75, 3.05) is 17.3 Å². The van der Waals surface area contributed by atoms with Crippen LogP contribution in [0.3, 0.4) is 0 Å². The minimum atomic E-state index is 0. The molecule has 7 N–H and O–H groups in total. The molecule has 8 nitrogen and oxygen atoms in total. The number of anilines is 2.